The van der Waals surface area contributed by atoms with Crippen LogP contribution in [-0.2, 0) is 4.74 Å². The lowest BCUT2D eigenvalue weighted by molar-refractivity contribution is 0.219. The highest BCUT2D eigenvalue weighted by molar-refractivity contribution is 6.30. The monoisotopic (exact) mass is 239 g/mol. The van der Waals surface area contributed by atoms with Gasteiger partial charge in [-0.3, -0.25) is 10.8 Å². The Kier molecular flexibility index (Phi) is 3.77. The molecule has 86 valence electrons. The first kappa shape index (κ1) is 11.4. The summed E-state index contributed by atoms with van der Waals surface area (Å²) < 4.78 is 5.30. The lowest BCUT2D eigenvalue weighted by Crippen LogP contribution is -2.31. The fraction of sp³-hybridized carbons (Fsp3) is 0.364. The highest BCUT2D eigenvalue weighted by Gasteiger charge is 2.18. The number of pyridine rings is 1. The van der Waals surface area contributed by atoms with Crippen LogP contribution in [0, 0.1) is 0 Å². The zero-order valence-electron chi connectivity index (χ0n) is 8.82. The number of rotatable bonds is 3. The van der Waals surface area contributed by atoms with Gasteiger partial charge in [-0.1, -0.05) is 11.6 Å². The Morgan fingerprint density at radius 3 is 2.94 bits per heavy atom. The van der Waals surface area contributed by atoms with Crippen LogP contribution in [0.4, 0.5) is 0 Å². The summed E-state index contributed by atoms with van der Waals surface area (Å²) in [5.74, 6) is 5.55. The fourth-order valence-electron chi connectivity index (χ4n) is 1.74. The van der Waals surface area contributed by atoms with E-state index >= 15 is 0 Å². The summed E-state index contributed by atoms with van der Waals surface area (Å²) in [7, 11) is 0. The minimum absolute atomic E-state index is 0.0995. The van der Waals surface area contributed by atoms with E-state index in [0.717, 1.165) is 30.7 Å². The van der Waals surface area contributed by atoms with Crippen molar-refractivity contribution in [2.75, 3.05) is 6.61 Å². The number of nitrogens with zero attached hydrogens (tertiary/aromatic N) is 1. The van der Waals surface area contributed by atoms with Crippen molar-refractivity contribution in [1.82, 2.24) is 10.4 Å². The number of nitrogens with one attached hydrogen (secondary N) is 1. The van der Waals surface area contributed by atoms with Crippen molar-refractivity contribution >= 4 is 11.6 Å². The Hall–Kier alpha value is -1.10. The maximum atomic E-state index is 5.79. The van der Waals surface area contributed by atoms with Crippen molar-refractivity contribution in [3.63, 3.8) is 0 Å². The van der Waals surface area contributed by atoms with Gasteiger partial charge in [-0.2, -0.15) is 0 Å². The number of halogens is 1. The summed E-state index contributed by atoms with van der Waals surface area (Å²) in [6.07, 6.45) is 5.37. The number of hydrogen-bond donors (Lipinski definition) is 2. The SMILES string of the molecule is NNC(C1=COCCC1)c1ccc(Cl)cn1. The predicted molar refractivity (Wildman–Crippen MR) is 62.6 cm³/mol. The second kappa shape index (κ2) is 5.30. The standard InChI is InChI=1S/C11H14ClN3O/c12-9-3-4-10(14-6-9)11(15-13)8-2-1-5-16-7-8/h3-4,6-7,11,15H,1-2,5,13H2. The van der Waals surface area contributed by atoms with E-state index in [1.807, 2.05) is 6.07 Å². The fourth-order valence-corrected chi connectivity index (χ4v) is 1.85. The zero-order chi connectivity index (χ0) is 11.4. The van der Waals surface area contributed by atoms with Gasteiger partial charge in [0, 0.05) is 6.20 Å². The van der Waals surface area contributed by atoms with Crippen molar-refractivity contribution in [2.24, 2.45) is 5.84 Å². The molecule has 0 radical (unpaired) electrons. The van der Waals surface area contributed by atoms with Gasteiger partial charge in [0.05, 0.1) is 29.6 Å². The van der Waals surface area contributed by atoms with E-state index in [1.54, 1.807) is 18.5 Å². The number of nitrogens with two attached hydrogens (primary N) is 1. The lowest BCUT2D eigenvalue weighted by Gasteiger charge is -2.22. The van der Waals surface area contributed by atoms with Crippen molar-refractivity contribution in [3.05, 3.63) is 40.9 Å². The largest absolute Gasteiger partial charge is 0.501 e. The Balaban J connectivity index is 2.21. The number of ether oxygens (including phenoxy) is 1. The van der Waals surface area contributed by atoms with Gasteiger partial charge < -0.3 is 4.74 Å². The molecule has 1 aromatic rings. The number of hydrogen-bond acceptors (Lipinski definition) is 4. The first-order valence-electron chi connectivity index (χ1n) is 5.19. The molecule has 1 aromatic heterocycles. The van der Waals surface area contributed by atoms with Gasteiger partial charge in [0.25, 0.3) is 0 Å². The summed E-state index contributed by atoms with van der Waals surface area (Å²) in [5.41, 5.74) is 4.72. The molecule has 5 heteroatoms. The van der Waals surface area contributed by atoms with Gasteiger partial charge in [-0.15, -0.1) is 0 Å². The molecule has 0 bridgehead atoms. The van der Waals surface area contributed by atoms with Gasteiger partial charge in [0.1, 0.15) is 0 Å². The van der Waals surface area contributed by atoms with Crippen molar-refractivity contribution in [1.29, 1.82) is 0 Å². The highest BCUT2D eigenvalue weighted by atomic mass is 35.5. The molecule has 0 aromatic carbocycles. The minimum atomic E-state index is -0.0995. The molecule has 1 aliphatic heterocycles. The van der Waals surface area contributed by atoms with Gasteiger partial charge in [-0.25, -0.2) is 5.43 Å². The molecule has 4 nitrogen and oxygen atoms in total. The molecule has 16 heavy (non-hydrogen) atoms. The van der Waals surface area contributed by atoms with E-state index in [1.165, 1.54) is 0 Å². The number of aromatic nitrogens is 1. The first-order chi connectivity index (χ1) is 7.81. The van der Waals surface area contributed by atoms with Gasteiger partial charge >= 0.3 is 0 Å². The summed E-state index contributed by atoms with van der Waals surface area (Å²) >= 11 is 5.79. The normalized spacial score (nSPS) is 17.5. The quantitative estimate of drug-likeness (QED) is 0.625. The van der Waals surface area contributed by atoms with E-state index in [4.69, 9.17) is 22.2 Å². The summed E-state index contributed by atoms with van der Waals surface area (Å²) in [5, 5.41) is 0.619. The predicted octanol–water partition coefficient (Wildman–Crippen LogP) is 1.93. The molecule has 0 fully saturated rings. The summed E-state index contributed by atoms with van der Waals surface area (Å²) in [6, 6.07) is 3.57. The highest BCUT2D eigenvalue weighted by Crippen LogP contribution is 2.26. The average molecular weight is 240 g/mol. The van der Waals surface area contributed by atoms with Crippen LogP contribution in [0.15, 0.2) is 30.2 Å². The van der Waals surface area contributed by atoms with Gasteiger partial charge in [-0.05, 0) is 30.5 Å². The Morgan fingerprint density at radius 1 is 1.50 bits per heavy atom. The van der Waals surface area contributed by atoms with Crippen LogP contribution in [0.2, 0.25) is 5.02 Å². The third-order valence-corrected chi connectivity index (χ3v) is 2.77. The van der Waals surface area contributed by atoms with Crippen LogP contribution in [0.3, 0.4) is 0 Å². The maximum Gasteiger partial charge on any atom is 0.0876 e. The Bertz CT molecular complexity index is 377. The van der Waals surface area contributed by atoms with Crippen LogP contribution in [0.1, 0.15) is 24.6 Å². The molecule has 0 spiro atoms. The third kappa shape index (κ3) is 2.52. The molecule has 2 heterocycles. The molecule has 0 saturated carbocycles. The minimum Gasteiger partial charge on any atom is -0.501 e. The number of hydrazine groups is 1. The molecule has 3 N–H and O–H groups in total. The zero-order valence-corrected chi connectivity index (χ0v) is 9.57. The van der Waals surface area contributed by atoms with Crippen LogP contribution in [-0.4, -0.2) is 11.6 Å². The summed E-state index contributed by atoms with van der Waals surface area (Å²) in [4.78, 5) is 4.25. The molecule has 0 saturated heterocycles. The molecule has 2 rings (SSSR count). The second-order valence-corrected chi connectivity index (χ2v) is 4.10. The topological polar surface area (TPSA) is 60.2 Å². The van der Waals surface area contributed by atoms with E-state index < -0.39 is 0 Å². The van der Waals surface area contributed by atoms with Crippen LogP contribution in [0.25, 0.3) is 0 Å². The molecule has 1 aliphatic rings. The molecular formula is C11H14ClN3O. The van der Waals surface area contributed by atoms with Crippen LogP contribution >= 0.6 is 11.6 Å². The second-order valence-electron chi connectivity index (χ2n) is 3.67. The molecule has 1 unspecified atom stereocenters. The average Bonchev–Trinajstić information content (AvgIpc) is 2.34. The van der Waals surface area contributed by atoms with Gasteiger partial charge in [0.2, 0.25) is 0 Å². The molecule has 0 aliphatic carbocycles. The first-order valence-corrected chi connectivity index (χ1v) is 5.57. The van der Waals surface area contributed by atoms with E-state index in [2.05, 4.69) is 10.4 Å². The van der Waals surface area contributed by atoms with E-state index in [9.17, 15) is 0 Å². The Labute approximate surface area is 99.4 Å². The van der Waals surface area contributed by atoms with Crippen LogP contribution in [0.5, 0.6) is 0 Å². The summed E-state index contributed by atoms with van der Waals surface area (Å²) in [6.45, 7) is 0.773. The molecule has 0 amide bonds. The maximum absolute atomic E-state index is 5.79. The van der Waals surface area contributed by atoms with E-state index in [-0.39, 0.29) is 6.04 Å². The molecule has 1 atom stereocenters. The smallest absolute Gasteiger partial charge is 0.0876 e. The van der Waals surface area contributed by atoms with E-state index in [0.29, 0.717) is 5.02 Å². The van der Waals surface area contributed by atoms with Gasteiger partial charge in [0.15, 0.2) is 0 Å². The van der Waals surface area contributed by atoms with Crippen LogP contribution < -0.4 is 11.3 Å². The van der Waals surface area contributed by atoms with Crippen molar-refractivity contribution in [2.45, 2.75) is 18.9 Å². The molecular weight excluding hydrogens is 226 g/mol. The third-order valence-electron chi connectivity index (χ3n) is 2.55. The Morgan fingerprint density at radius 2 is 2.38 bits per heavy atom. The van der Waals surface area contributed by atoms with Crippen molar-refractivity contribution < 1.29 is 4.74 Å². The lowest BCUT2D eigenvalue weighted by atomic mass is 9.99. The van der Waals surface area contributed by atoms with Crippen molar-refractivity contribution in [3.8, 4) is 0 Å².